The summed E-state index contributed by atoms with van der Waals surface area (Å²) in [5, 5.41) is 18.6. The maximum atomic E-state index is 12.1. The van der Waals surface area contributed by atoms with E-state index in [9.17, 15) is 24.5 Å². The number of amides is 3. The molecule has 0 saturated carbocycles. The molecule has 0 spiro atoms. The molecular weight excluding hydrogens is 364 g/mol. The van der Waals surface area contributed by atoms with Gasteiger partial charge in [-0.1, -0.05) is 18.2 Å². The normalized spacial score (nSPS) is 11.2. The number of carbonyl (C=O) groups is 3. The Balaban J connectivity index is 1.91. The first-order valence-corrected chi connectivity index (χ1v) is 8.46. The van der Waals surface area contributed by atoms with E-state index in [1.807, 2.05) is 0 Å². The highest BCUT2D eigenvalue weighted by Crippen LogP contribution is 2.17. The number of carbonyl (C=O) groups excluding carboxylic acids is 3. The first kappa shape index (κ1) is 20.6. The fourth-order valence-corrected chi connectivity index (χ4v) is 2.49. The van der Waals surface area contributed by atoms with Crippen LogP contribution in [0.4, 0.5) is 11.4 Å². The van der Waals surface area contributed by atoms with E-state index in [4.69, 9.17) is 0 Å². The van der Waals surface area contributed by atoms with E-state index >= 15 is 0 Å². The topological polar surface area (TPSA) is 130 Å². The van der Waals surface area contributed by atoms with Crippen molar-refractivity contribution in [1.29, 1.82) is 0 Å². The Bertz CT molecular complexity index is 913. The molecule has 0 heterocycles. The predicted molar refractivity (Wildman–Crippen MR) is 103 cm³/mol. The van der Waals surface area contributed by atoms with Crippen LogP contribution >= 0.6 is 0 Å². The third-order valence-electron chi connectivity index (χ3n) is 3.81. The Labute approximate surface area is 161 Å². The highest BCUT2D eigenvalue weighted by atomic mass is 16.6. The molecule has 28 heavy (non-hydrogen) atoms. The Hall–Kier alpha value is -3.75. The number of nitro groups is 1. The maximum Gasteiger partial charge on any atom is 0.270 e. The summed E-state index contributed by atoms with van der Waals surface area (Å²) in [6, 6.07) is 11.9. The van der Waals surface area contributed by atoms with E-state index in [0.717, 1.165) is 11.6 Å². The van der Waals surface area contributed by atoms with E-state index in [-0.39, 0.29) is 29.7 Å². The molecule has 0 aliphatic rings. The van der Waals surface area contributed by atoms with Crippen LogP contribution in [-0.4, -0.2) is 29.2 Å². The zero-order valence-electron chi connectivity index (χ0n) is 15.4. The predicted octanol–water partition coefficient (Wildman–Crippen LogP) is 2.16. The Morgan fingerprint density at radius 2 is 1.82 bits per heavy atom. The number of non-ortho nitro benzene ring substituents is 1. The Morgan fingerprint density at radius 1 is 1.11 bits per heavy atom. The quantitative estimate of drug-likeness (QED) is 0.497. The van der Waals surface area contributed by atoms with Crippen molar-refractivity contribution in [3.63, 3.8) is 0 Å². The highest BCUT2D eigenvalue weighted by molar-refractivity contribution is 5.97. The first-order valence-electron chi connectivity index (χ1n) is 8.46. The molecule has 1 unspecified atom stereocenters. The van der Waals surface area contributed by atoms with Crippen molar-refractivity contribution in [2.75, 3.05) is 11.9 Å². The van der Waals surface area contributed by atoms with E-state index in [2.05, 4.69) is 16.0 Å². The van der Waals surface area contributed by atoms with Crippen LogP contribution in [0.3, 0.4) is 0 Å². The van der Waals surface area contributed by atoms with Crippen LogP contribution in [0.25, 0.3) is 0 Å². The molecule has 2 aromatic rings. The van der Waals surface area contributed by atoms with Crippen LogP contribution in [0.15, 0.2) is 48.5 Å². The van der Waals surface area contributed by atoms with Crippen molar-refractivity contribution < 1.29 is 19.3 Å². The molecule has 3 N–H and O–H groups in total. The minimum atomic E-state index is -0.597. The fourth-order valence-electron chi connectivity index (χ4n) is 2.49. The van der Waals surface area contributed by atoms with Gasteiger partial charge in [0, 0.05) is 30.3 Å². The fraction of sp³-hybridized carbons (Fsp3) is 0.211. The zero-order chi connectivity index (χ0) is 20.7. The van der Waals surface area contributed by atoms with Gasteiger partial charge < -0.3 is 16.0 Å². The average molecular weight is 384 g/mol. The summed E-state index contributed by atoms with van der Waals surface area (Å²) in [4.78, 5) is 45.5. The standard InChI is InChI=1S/C19H20N4O5/c1-12(14-5-3-7-16(9-14)22-13(2)24)21-18(25)11-20-19(26)15-6-4-8-17(10-15)23(27)28/h3-10,12H,11H2,1-2H3,(H,20,26)(H,21,25)(H,22,24). The monoisotopic (exact) mass is 384 g/mol. The van der Waals surface area contributed by atoms with Gasteiger partial charge in [0.25, 0.3) is 11.6 Å². The smallest absolute Gasteiger partial charge is 0.270 e. The van der Waals surface area contributed by atoms with Crippen molar-refractivity contribution in [2.45, 2.75) is 19.9 Å². The third kappa shape index (κ3) is 5.90. The lowest BCUT2D eigenvalue weighted by atomic mass is 10.1. The van der Waals surface area contributed by atoms with E-state index in [1.54, 1.807) is 31.2 Å². The lowest BCUT2D eigenvalue weighted by molar-refractivity contribution is -0.384. The lowest BCUT2D eigenvalue weighted by Crippen LogP contribution is -2.38. The van der Waals surface area contributed by atoms with Gasteiger partial charge in [-0.2, -0.15) is 0 Å². The minimum Gasteiger partial charge on any atom is -0.348 e. The van der Waals surface area contributed by atoms with Gasteiger partial charge in [-0.15, -0.1) is 0 Å². The van der Waals surface area contributed by atoms with Crippen LogP contribution < -0.4 is 16.0 Å². The van der Waals surface area contributed by atoms with Gasteiger partial charge in [-0.3, -0.25) is 24.5 Å². The summed E-state index contributed by atoms with van der Waals surface area (Å²) in [6.07, 6.45) is 0. The molecule has 0 aliphatic heterocycles. The zero-order valence-corrected chi connectivity index (χ0v) is 15.4. The van der Waals surface area contributed by atoms with Crippen LogP contribution in [-0.2, 0) is 9.59 Å². The summed E-state index contributed by atoms with van der Waals surface area (Å²) in [5.74, 6) is -1.20. The molecule has 9 nitrogen and oxygen atoms in total. The SMILES string of the molecule is CC(=O)Nc1cccc(C(C)NC(=O)CNC(=O)c2cccc([N+](=O)[O-])c2)c1. The molecule has 2 aromatic carbocycles. The summed E-state index contributed by atoms with van der Waals surface area (Å²) >= 11 is 0. The van der Waals surface area contributed by atoms with E-state index < -0.39 is 16.7 Å². The van der Waals surface area contributed by atoms with Crippen molar-refractivity contribution in [2.24, 2.45) is 0 Å². The van der Waals surface area contributed by atoms with Crippen LogP contribution in [0.5, 0.6) is 0 Å². The van der Waals surface area contributed by atoms with Crippen LogP contribution in [0.1, 0.15) is 35.8 Å². The van der Waals surface area contributed by atoms with Crippen molar-refractivity contribution >= 4 is 29.1 Å². The van der Waals surface area contributed by atoms with Gasteiger partial charge in [0.2, 0.25) is 11.8 Å². The number of nitrogens with zero attached hydrogens (tertiary/aromatic N) is 1. The maximum absolute atomic E-state index is 12.1. The summed E-state index contributed by atoms with van der Waals surface area (Å²) in [7, 11) is 0. The third-order valence-corrected chi connectivity index (χ3v) is 3.81. The van der Waals surface area contributed by atoms with Crippen molar-refractivity contribution in [3.05, 3.63) is 69.8 Å². The summed E-state index contributed by atoms with van der Waals surface area (Å²) in [5.41, 5.74) is 1.29. The van der Waals surface area contributed by atoms with Crippen LogP contribution in [0.2, 0.25) is 0 Å². The molecule has 1 atom stereocenters. The average Bonchev–Trinajstić information content (AvgIpc) is 2.65. The number of nitro benzene ring substituents is 1. The van der Waals surface area contributed by atoms with Gasteiger partial charge in [0.1, 0.15) is 0 Å². The molecule has 9 heteroatoms. The lowest BCUT2D eigenvalue weighted by Gasteiger charge is -2.16. The number of hydrogen-bond donors (Lipinski definition) is 3. The van der Waals surface area contributed by atoms with Crippen molar-refractivity contribution in [3.8, 4) is 0 Å². The van der Waals surface area contributed by atoms with E-state index in [1.165, 1.54) is 25.1 Å². The second-order valence-corrected chi connectivity index (χ2v) is 6.09. The van der Waals surface area contributed by atoms with Crippen molar-refractivity contribution in [1.82, 2.24) is 10.6 Å². The number of benzene rings is 2. The van der Waals surface area contributed by atoms with Gasteiger partial charge in [0.05, 0.1) is 17.5 Å². The van der Waals surface area contributed by atoms with Gasteiger partial charge in [-0.05, 0) is 30.7 Å². The second-order valence-electron chi connectivity index (χ2n) is 6.09. The molecule has 0 radical (unpaired) electrons. The second kappa shape index (κ2) is 9.26. The minimum absolute atomic E-state index is 0.0954. The van der Waals surface area contributed by atoms with Crippen LogP contribution in [0, 0.1) is 10.1 Å². The molecule has 0 saturated heterocycles. The molecule has 0 aromatic heterocycles. The number of hydrogen-bond acceptors (Lipinski definition) is 5. The number of rotatable bonds is 7. The van der Waals surface area contributed by atoms with Gasteiger partial charge >= 0.3 is 0 Å². The molecular formula is C19H20N4O5. The molecule has 0 aliphatic carbocycles. The number of nitrogens with one attached hydrogen (secondary N) is 3. The molecule has 0 bridgehead atoms. The Morgan fingerprint density at radius 3 is 2.50 bits per heavy atom. The highest BCUT2D eigenvalue weighted by Gasteiger charge is 2.14. The molecule has 2 rings (SSSR count). The van der Waals surface area contributed by atoms with Gasteiger partial charge in [-0.25, -0.2) is 0 Å². The summed E-state index contributed by atoms with van der Waals surface area (Å²) in [6.45, 7) is 2.90. The first-order chi connectivity index (χ1) is 13.3. The molecule has 146 valence electrons. The Kier molecular flexibility index (Phi) is 6.80. The largest absolute Gasteiger partial charge is 0.348 e. The van der Waals surface area contributed by atoms with Gasteiger partial charge in [0.15, 0.2) is 0 Å². The van der Waals surface area contributed by atoms with E-state index in [0.29, 0.717) is 5.69 Å². The number of anilines is 1. The molecule has 0 fully saturated rings. The summed E-state index contributed by atoms with van der Waals surface area (Å²) < 4.78 is 0. The molecule has 3 amide bonds.